The zero-order valence-electron chi connectivity index (χ0n) is 13.7. The van der Waals surface area contributed by atoms with E-state index in [1.165, 1.54) is 0 Å². The van der Waals surface area contributed by atoms with Crippen molar-refractivity contribution >= 4 is 56.6 Å². The van der Waals surface area contributed by atoms with Crippen LogP contribution in [0.25, 0.3) is 0 Å². The highest BCUT2D eigenvalue weighted by Crippen LogP contribution is 2.35. The number of aliphatic hydroxyl groups is 1. The Morgan fingerprint density at radius 3 is 2.62 bits per heavy atom. The number of β-amino-alcohol motifs (C(OH)–C–C–N with tert-alkyl or cyclic N) is 1. The van der Waals surface area contributed by atoms with Gasteiger partial charge >= 0.3 is 5.97 Å². The molecule has 5 nitrogen and oxygen atoms in total. The van der Waals surface area contributed by atoms with Crippen LogP contribution in [0.3, 0.4) is 0 Å². The molecule has 26 heavy (non-hydrogen) atoms. The van der Waals surface area contributed by atoms with Crippen molar-refractivity contribution in [1.29, 1.82) is 0 Å². The van der Waals surface area contributed by atoms with Crippen LogP contribution in [0.2, 0.25) is 10.0 Å². The normalized spacial score (nSPS) is 19.4. The smallest absolute Gasteiger partial charge is 0.363 e. The van der Waals surface area contributed by atoms with E-state index in [2.05, 4.69) is 20.9 Å². The van der Waals surface area contributed by atoms with Crippen LogP contribution in [-0.2, 0) is 9.53 Å². The summed E-state index contributed by atoms with van der Waals surface area (Å²) in [5.41, 5.74) is -0.709. The lowest BCUT2D eigenvalue weighted by Crippen LogP contribution is -2.43. The SMILES string of the molecule is CCOC(=O)C1(O)CN(c2ccc(Cl)cc2Cl)C(c2ccc(Br)cc2)=N1. The largest absolute Gasteiger partial charge is 0.462 e. The summed E-state index contributed by atoms with van der Waals surface area (Å²) in [6.45, 7) is 1.70. The highest BCUT2D eigenvalue weighted by molar-refractivity contribution is 9.10. The van der Waals surface area contributed by atoms with Crippen molar-refractivity contribution < 1.29 is 14.6 Å². The summed E-state index contributed by atoms with van der Waals surface area (Å²) < 4.78 is 5.88. The van der Waals surface area contributed by atoms with E-state index in [9.17, 15) is 9.90 Å². The van der Waals surface area contributed by atoms with Gasteiger partial charge in [-0.05, 0) is 37.3 Å². The van der Waals surface area contributed by atoms with Gasteiger partial charge in [-0.15, -0.1) is 0 Å². The Hall–Kier alpha value is -1.60. The number of amidine groups is 1. The summed E-state index contributed by atoms with van der Waals surface area (Å²) in [4.78, 5) is 18.2. The second-order valence-electron chi connectivity index (χ2n) is 5.66. The zero-order chi connectivity index (χ0) is 18.9. The Bertz CT molecular complexity index is 873. The summed E-state index contributed by atoms with van der Waals surface area (Å²) in [6.07, 6.45) is 0. The van der Waals surface area contributed by atoms with Gasteiger partial charge in [-0.25, -0.2) is 9.79 Å². The number of carbonyl (C=O) groups is 1. The molecule has 3 rings (SSSR count). The van der Waals surface area contributed by atoms with Crippen LogP contribution in [0.1, 0.15) is 12.5 Å². The molecule has 0 saturated carbocycles. The second-order valence-corrected chi connectivity index (χ2v) is 7.42. The van der Waals surface area contributed by atoms with Crippen molar-refractivity contribution in [3.05, 3.63) is 62.5 Å². The minimum absolute atomic E-state index is 0.113. The predicted octanol–water partition coefficient (Wildman–Crippen LogP) is 4.27. The van der Waals surface area contributed by atoms with Gasteiger partial charge in [0.2, 0.25) is 0 Å². The van der Waals surface area contributed by atoms with Crippen molar-refractivity contribution in [3.63, 3.8) is 0 Å². The number of rotatable bonds is 4. The lowest BCUT2D eigenvalue weighted by atomic mass is 10.1. The summed E-state index contributed by atoms with van der Waals surface area (Å²) in [7, 11) is 0. The fourth-order valence-corrected chi connectivity index (χ4v) is 3.42. The lowest BCUT2D eigenvalue weighted by molar-refractivity contribution is -0.162. The van der Waals surface area contributed by atoms with Gasteiger partial charge in [0.15, 0.2) is 0 Å². The van der Waals surface area contributed by atoms with Crippen LogP contribution >= 0.6 is 39.1 Å². The molecule has 1 atom stereocenters. The highest BCUT2D eigenvalue weighted by atomic mass is 79.9. The van der Waals surface area contributed by atoms with Gasteiger partial charge in [0.25, 0.3) is 5.72 Å². The molecule has 0 saturated heterocycles. The topological polar surface area (TPSA) is 62.1 Å². The third kappa shape index (κ3) is 3.74. The number of aliphatic imine (C=N–C) groups is 1. The molecule has 8 heteroatoms. The molecule has 0 fully saturated rings. The van der Waals surface area contributed by atoms with E-state index in [-0.39, 0.29) is 13.2 Å². The summed E-state index contributed by atoms with van der Waals surface area (Å²) in [6, 6.07) is 12.4. The molecule has 136 valence electrons. The molecule has 0 spiro atoms. The van der Waals surface area contributed by atoms with Gasteiger partial charge in [-0.2, -0.15) is 0 Å². The first-order chi connectivity index (χ1) is 12.3. The Morgan fingerprint density at radius 1 is 1.31 bits per heavy atom. The number of anilines is 1. The van der Waals surface area contributed by atoms with E-state index >= 15 is 0 Å². The fourth-order valence-electron chi connectivity index (χ4n) is 2.64. The van der Waals surface area contributed by atoms with Gasteiger partial charge in [0.1, 0.15) is 5.84 Å². The van der Waals surface area contributed by atoms with Gasteiger partial charge in [0.05, 0.1) is 23.9 Å². The van der Waals surface area contributed by atoms with Gasteiger partial charge in [-0.1, -0.05) is 51.3 Å². The van der Waals surface area contributed by atoms with Crippen LogP contribution in [-0.4, -0.2) is 35.8 Å². The van der Waals surface area contributed by atoms with E-state index in [0.29, 0.717) is 21.6 Å². The molecule has 1 aliphatic heterocycles. The first kappa shape index (κ1) is 19.2. The summed E-state index contributed by atoms with van der Waals surface area (Å²) in [5, 5.41) is 11.6. The lowest BCUT2D eigenvalue weighted by Gasteiger charge is -2.24. The van der Waals surface area contributed by atoms with Crippen LogP contribution in [0, 0.1) is 0 Å². The maximum absolute atomic E-state index is 12.2. The quantitative estimate of drug-likeness (QED) is 0.696. The molecule has 1 unspecified atom stereocenters. The number of ether oxygens (including phenoxy) is 1. The van der Waals surface area contributed by atoms with Crippen molar-refractivity contribution in [2.75, 3.05) is 18.1 Å². The van der Waals surface area contributed by atoms with Crippen molar-refractivity contribution in [3.8, 4) is 0 Å². The first-order valence-electron chi connectivity index (χ1n) is 7.82. The number of carbonyl (C=O) groups excluding carboxylic acids is 1. The van der Waals surface area contributed by atoms with Gasteiger partial charge in [0, 0.05) is 15.1 Å². The highest BCUT2D eigenvalue weighted by Gasteiger charge is 2.46. The molecule has 1 aliphatic rings. The average molecular weight is 458 g/mol. The maximum Gasteiger partial charge on any atom is 0.363 e. The van der Waals surface area contributed by atoms with Crippen LogP contribution in [0.4, 0.5) is 5.69 Å². The van der Waals surface area contributed by atoms with Crippen molar-refractivity contribution in [1.82, 2.24) is 0 Å². The molecule has 1 heterocycles. The number of hydrogen-bond acceptors (Lipinski definition) is 5. The molecule has 2 aromatic carbocycles. The first-order valence-corrected chi connectivity index (χ1v) is 9.37. The van der Waals surface area contributed by atoms with E-state index in [4.69, 9.17) is 27.9 Å². The summed E-state index contributed by atoms with van der Waals surface area (Å²) >= 11 is 15.7. The number of hydrogen-bond donors (Lipinski definition) is 1. The van der Waals surface area contributed by atoms with E-state index in [1.54, 1.807) is 30.0 Å². The average Bonchev–Trinajstić information content (AvgIpc) is 2.95. The molecular weight excluding hydrogens is 443 g/mol. The molecule has 1 N–H and O–H groups in total. The number of esters is 1. The minimum Gasteiger partial charge on any atom is -0.462 e. The maximum atomic E-state index is 12.2. The Labute approximate surface area is 169 Å². The van der Waals surface area contributed by atoms with Crippen LogP contribution in [0.5, 0.6) is 0 Å². The molecular formula is C18H15BrCl2N2O3. The van der Waals surface area contributed by atoms with Crippen LogP contribution in [0.15, 0.2) is 51.9 Å². The van der Waals surface area contributed by atoms with Gasteiger partial charge < -0.3 is 14.7 Å². The fraction of sp³-hybridized carbons (Fsp3) is 0.222. The standard InChI is InChI=1S/C18H15BrCl2N2O3/c1-2-26-17(24)18(25)10-23(15-8-7-13(20)9-14(15)21)16(22-18)11-3-5-12(19)6-4-11/h3-9,25H,2,10H2,1H3. The monoisotopic (exact) mass is 456 g/mol. The second kappa shape index (κ2) is 7.56. The predicted molar refractivity (Wildman–Crippen MR) is 106 cm³/mol. The third-order valence-electron chi connectivity index (χ3n) is 3.83. The summed E-state index contributed by atoms with van der Waals surface area (Å²) in [5.74, 6) is -0.389. The number of benzene rings is 2. The molecule has 0 radical (unpaired) electrons. The van der Waals surface area contributed by atoms with E-state index < -0.39 is 11.7 Å². The number of halogens is 3. The Kier molecular flexibility index (Phi) is 5.58. The molecule has 0 bridgehead atoms. The molecule has 0 aromatic heterocycles. The molecule has 0 aliphatic carbocycles. The molecule has 2 aromatic rings. The number of nitrogens with zero attached hydrogens (tertiary/aromatic N) is 2. The van der Waals surface area contributed by atoms with E-state index in [1.807, 2.05) is 24.3 Å². The van der Waals surface area contributed by atoms with Crippen LogP contribution < -0.4 is 4.90 Å². The van der Waals surface area contributed by atoms with E-state index in [0.717, 1.165) is 10.0 Å². The van der Waals surface area contributed by atoms with Crippen molar-refractivity contribution in [2.24, 2.45) is 4.99 Å². The minimum atomic E-state index is -2.01. The molecule has 0 amide bonds. The Balaban J connectivity index is 2.08. The third-order valence-corrected chi connectivity index (χ3v) is 4.90. The Morgan fingerprint density at radius 2 is 2.00 bits per heavy atom. The zero-order valence-corrected chi connectivity index (χ0v) is 16.8. The van der Waals surface area contributed by atoms with Gasteiger partial charge in [-0.3, -0.25) is 0 Å². The van der Waals surface area contributed by atoms with Crippen molar-refractivity contribution in [2.45, 2.75) is 12.6 Å².